The van der Waals surface area contributed by atoms with Gasteiger partial charge in [-0.1, -0.05) is 62.2 Å². The van der Waals surface area contributed by atoms with Crippen LogP contribution in [0.5, 0.6) is 5.75 Å². The second kappa shape index (κ2) is 11.0. The standard InChI is InChI=1S/C26H34N2O3/c1-4-23(26(30)27-22-14-8-9-15-22)28(17-21-13-7-5-11-19(21)2)25(29)18-31-24-16-10-6-12-20(24)3/h5-7,10-13,16,22-23H,4,8-9,14-15,17-18H2,1-3H3,(H,27,30)/t23-/m0/s1. The molecule has 0 heterocycles. The van der Waals surface area contributed by atoms with Crippen molar-refractivity contribution in [2.75, 3.05) is 6.61 Å². The maximum Gasteiger partial charge on any atom is 0.261 e. The molecule has 0 radical (unpaired) electrons. The van der Waals surface area contributed by atoms with Crippen LogP contribution >= 0.6 is 0 Å². The van der Waals surface area contributed by atoms with Crippen LogP contribution in [0.3, 0.4) is 0 Å². The first-order chi connectivity index (χ1) is 15.0. The van der Waals surface area contributed by atoms with Gasteiger partial charge in [-0.2, -0.15) is 0 Å². The van der Waals surface area contributed by atoms with E-state index in [2.05, 4.69) is 5.32 Å². The summed E-state index contributed by atoms with van der Waals surface area (Å²) in [6, 6.07) is 15.3. The highest BCUT2D eigenvalue weighted by molar-refractivity contribution is 5.88. The fourth-order valence-corrected chi connectivity index (χ4v) is 4.20. The maximum atomic E-state index is 13.3. The van der Waals surface area contributed by atoms with Gasteiger partial charge in [0.25, 0.3) is 5.91 Å². The Bertz CT molecular complexity index is 890. The van der Waals surface area contributed by atoms with E-state index in [1.807, 2.05) is 69.3 Å². The number of hydrogen-bond donors (Lipinski definition) is 1. The number of nitrogens with zero attached hydrogens (tertiary/aromatic N) is 1. The van der Waals surface area contributed by atoms with Crippen molar-refractivity contribution in [1.29, 1.82) is 0 Å². The van der Waals surface area contributed by atoms with E-state index in [4.69, 9.17) is 4.74 Å². The molecule has 1 N–H and O–H groups in total. The summed E-state index contributed by atoms with van der Waals surface area (Å²) in [7, 11) is 0. The van der Waals surface area contributed by atoms with E-state index < -0.39 is 6.04 Å². The topological polar surface area (TPSA) is 58.6 Å². The van der Waals surface area contributed by atoms with Gasteiger partial charge >= 0.3 is 0 Å². The van der Waals surface area contributed by atoms with Crippen LogP contribution < -0.4 is 10.1 Å². The van der Waals surface area contributed by atoms with Crippen LogP contribution in [0.15, 0.2) is 48.5 Å². The Kier molecular flexibility index (Phi) is 8.10. The molecule has 31 heavy (non-hydrogen) atoms. The van der Waals surface area contributed by atoms with E-state index in [9.17, 15) is 9.59 Å². The van der Waals surface area contributed by atoms with Crippen LogP contribution in [0, 0.1) is 13.8 Å². The van der Waals surface area contributed by atoms with E-state index in [1.54, 1.807) is 4.90 Å². The lowest BCUT2D eigenvalue weighted by Gasteiger charge is -2.32. The van der Waals surface area contributed by atoms with Crippen molar-refractivity contribution >= 4 is 11.8 Å². The number of carbonyl (C=O) groups is 2. The number of carbonyl (C=O) groups excluding carboxylic acids is 2. The zero-order valence-corrected chi connectivity index (χ0v) is 18.9. The highest BCUT2D eigenvalue weighted by atomic mass is 16.5. The normalized spacial score (nSPS) is 14.8. The quantitative estimate of drug-likeness (QED) is 0.645. The number of aryl methyl sites for hydroxylation is 2. The lowest BCUT2D eigenvalue weighted by atomic mass is 10.1. The molecule has 2 amide bonds. The summed E-state index contributed by atoms with van der Waals surface area (Å²) in [6.07, 6.45) is 4.89. The van der Waals surface area contributed by atoms with Crippen molar-refractivity contribution in [1.82, 2.24) is 10.2 Å². The number of nitrogens with one attached hydrogen (secondary N) is 1. The van der Waals surface area contributed by atoms with Crippen molar-refractivity contribution < 1.29 is 14.3 Å². The Morgan fingerprint density at radius 3 is 2.32 bits per heavy atom. The largest absolute Gasteiger partial charge is 0.484 e. The molecule has 0 aliphatic heterocycles. The van der Waals surface area contributed by atoms with Gasteiger partial charge in [-0.3, -0.25) is 9.59 Å². The fourth-order valence-electron chi connectivity index (χ4n) is 4.20. The lowest BCUT2D eigenvalue weighted by Crippen LogP contribution is -2.52. The molecule has 1 aliphatic rings. The number of rotatable bonds is 9. The molecule has 166 valence electrons. The molecular weight excluding hydrogens is 388 g/mol. The summed E-state index contributed by atoms with van der Waals surface area (Å²) in [5.41, 5.74) is 3.12. The smallest absolute Gasteiger partial charge is 0.261 e. The zero-order valence-electron chi connectivity index (χ0n) is 18.9. The third-order valence-electron chi connectivity index (χ3n) is 6.13. The first kappa shape index (κ1) is 22.9. The second-order valence-electron chi connectivity index (χ2n) is 8.42. The first-order valence-corrected chi connectivity index (χ1v) is 11.3. The minimum atomic E-state index is -0.520. The summed E-state index contributed by atoms with van der Waals surface area (Å²) in [6.45, 7) is 6.23. The Hall–Kier alpha value is -2.82. The van der Waals surface area contributed by atoms with E-state index in [-0.39, 0.29) is 24.5 Å². The van der Waals surface area contributed by atoms with Crippen LogP contribution in [-0.4, -0.2) is 35.4 Å². The van der Waals surface area contributed by atoms with E-state index in [1.165, 1.54) is 0 Å². The van der Waals surface area contributed by atoms with Gasteiger partial charge < -0.3 is 15.0 Å². The third kappa shape index (κ3) is 6.09. The second-order valence-corrected chi connectivity index (χ2v) is 8.42. The molecule has 0 aromatic heterocycles. The van der Waals surface area contributed by atoms with Crippen molar-refractivity contribution in [3.05, 3.63) is 65.2 Å². The number of benzene rings is 2. The van der Waals surface area contributed by atoms with E-state index in [0.717, 1.165) is 42.4 Å². The average Bonchev–Trinajstić information content (AvgIpc) is 3.27. The molecule has 3 rings (SSSR count). The molecule has 0 unspecified atom stereocenters. The van der Waals surface area contributed by atoms with Gasteiger partial charge in [0.15, 0.2) is 6.61 Å². The third-order valence-corrected chi connectivity index (χ3v) is 6.13. The molecule has 5 nitrogen and oxygen atoms in total. The van der Waals surface area contributed by atoms with Gasteiger partial charge in [0.2, 0.25) is 5.91 Å². The molecule has 0 spiro atoms. The van der Waals surface area contributed by atoms with Gasteiger partial charge in [-0.15, -0.1) is 0 Å². The molecular formula is C26H34N2O3. The average molecular weight is 423 g/mol. The van der Waals surface area contributed by atoms with Crippen molar-refractivity contribution in [2.24, 2.45) is 0 Å². The van der Waals surface area contributed by atoms with Crippen molar-refractivity contribution in [3.63, 3.8) is 0 Å². The van der Waals surface area contributed by atoms with Crippen LogP contribution in [0.2, 0.25) is 0 Å². The number of hydrogen-bond acceptors (Lipinski definition) is 3. The predicted molar refractivity (Wildman–Crippen MR) is 123 cm³/mol. The fraction of sp³-hybridized carbons (Fsp3) is 0.462. The zero-order chi connectivity index (χ0) is 22.2. The number of para-hydroxylation sites is 1. The number of amides is 2. The Balaban J connectivity index is 1.78. The predicted octanol–water partition coefficient (Wildman–Crippen LogP) is 4.55. The maximum absolute atomic E-state index is 13.3. The summed E-state index contributed by atoms with van der Waals surface area (Å²) in [5, 5.41) is 3.17. The van der Waals surface area contributed by atoms with Gasteiger partial charge in [0, 0.05) is 12.6 Å². The molecule has 2 aromatic carbocycles. The molecule has 1 atom stereocenters. The molecule has 0 bridgehead atoms. The molecule has 1 fully saturated rings. The minimum Gasteiger partial charge on any atom is -0.484 e. The Morgan fingerprint density at radius 1 is 1.03 bits per heavy atom. The SMILES string of the molecule is CC[C@@H](C(=O)NC1CCCC1)N(Cc1ccccc1C)C(=O)COc1ccccc1C. The van der Waals surface area contributed by atoms with Gasteiger partial charge in [0.05, 0.1) is 0 Å². The van der Waals surface area contributed by atoms with Crippen LogP contribution in [-0.2, 0) is 16.1 Å². The molecule has 1 saturated carbocycles. The summed E-state index contributed by atoms with van der Waals surface area (Å²) in [5.74, 6) is 0.447. The number of ether oxygens (including phenoxy) is 1. The Labute approximate surface area is 185 Å². The molecule has 5 heteroatoms. The van der Waals surface area contributed by atoms with Crippen molar-refractivity contribution in [3.8, 4) is 5.75 Å². The summed E-state index contributed by atoms with van der Waals surface area (Å²) < 4.78 is 5.83. The summed E-state index contributed by atoms with van der Waals surface area (Å²) >= 11 is 0. The Morgan fingerprint density at radius 2 is 1.68 bits per heavy atom. The lowest BCUT2D eigenvalue weighted by molar-refractivity contribution is -0.143. The first-order valence-electron chi connectivity index (χ1n) is 11.3. The molecule has 1 aliphatic carbocycles. The van der Waals surface area contributed by atoms with Crippen LogP contribution in [0.25, 0.3) is 0 Å². The van der Waals surface area contributed by atoms with E-state index >= 15 is 0 Å². The molecule has 0 saturated heterocycles. The highest BCUT2D eigenvalue weighted by Gasteiger charge is 2.31. The van der Waals surface area contributed by atoms with Gasteiger partial charge in [-0.05, 0) is 55.9 Å². The van der Waals surface area contributed by atoms with Crippen molar-refractivity contribution in [2.45, 2.75) is 71.5 Å². The summed E-state index contributed by atoms with van der Waals surface area (Å²) in [4.78, 5) is 28.1. The molecule has 2 aromatic rings. The van der Waals surface area contributed by atoms with Crippen LogP contribution in [0.1, 0.15) is 55.7 Å². The highest BCUT2D eigenvalue weighted by Crippen LogP contribution is 2.21. The van der Waals surface area contributed by atoms with Gasteiger partial charge in [0.1, 0.15) is 11.8 Å². The van der Waals surface area contributed by atoms with E-state index in [0.29, 0.717) is 18.7 Å². The minimum absolute atomic E-state index is 0.0628. The van der Waals surface area contributed by atoms with Crippen LogP contribution in [0.4, 0.5) is 0 Å². The van der Waals surface area contributed by atoms with Gasteiger partial charge in [-0.25, -0.2) is 0 Å². The monoisotopic (exact) mass is 422 g/mol.